The summed E-state index contributed by atoms with van der Waals surface area (Å²) >= 11 is 13.4. The lowest BCUT2D eigenvalue weighted by atomic mass is 10.2. The van der Waals surface area contributed by atoms with Gasteiger partial charge >= 0.3 is 0 Å². The average Bonchev–Trinajstić information content (AvgIpc) is 3.04. The van der Waals surface area contributed by atoms with Gasteiger partial charge in [-0.25, -0.2) is 0 Å². The predicted octanol–water partition coefficient (Wildman–Crippen LogP) is 3.37. The zero-order valence-electron chi connectivity index (χ0n) is 11.5. The molecule has 1 aromatic carbocycles. The van der Waals surface area contributed by atoms with Gasteiger partial charge in [-0.15, -0.1) is 10.2 Å². The molecule has 0 saturated heterocycles. The molecule has 0 radical (unpaired) electrons. The topological polar surface area (TPSA) is 72.2 Å². The number of amides is 1. The third-order valence-electron chi connectivity index (χ3n) is 2.98. The quantitative estimate of drug-likeness (QED) is 0.778. The maximum Gasteiger partial charge on any atom is 0.234 e. The van der Waals surface area contributed by atoms with E-state index in [1.165, 1.54) is 11.3 Å². The second kappa shape index (κ2) is 6.20. The van der Waals surface area contributed by atoms with Gasteiger partial charge in [0.2, 0.25) is 10.9 Å². The Morgan fingerprint density at radius 1 is 1.36 bits per heavy atom. The van der Waals surface area contributed by atoms with E-state index in [1.54, 1.807) is 22.7 Å². The van der Waals surface area contributed by atoms with Crippen molar-refractivity contribution < 1.29 is 4.79 Å². The molecule has 2 aromatic heterocycles. The fourth-order valence-electron chi connectivity index (χ4n) is 1.89. The second-order valence-electron chi connectivity index (χ2n) is 4.59. The molecular weight excluding hydrogens is 345 g/mol. The van der Waals surface area contributed by atoms with E-state index in [0.717, 1.165) is 15.8 Å². The smallest absolute Gasteiger partial charge is 0.234 e. The van der Waals surface area contributed by atoms with Crippen molar-refractivity contribution in [1.82, 2.24) is 19.8 Å². The summed E-state index contributed by atoms with van der Waals surface area (Å²) in [6, 6.07) is 5.11. The first-order chi connectivity index (χ1) is 10.5. The molecule has 3 rings (SSSR count). The van der Waals surface area contributed by atoms with Gasteiger partial charge in [0.15, 0.2) is 5.82 Å². The van der Waals surface area contributed by atoms with Gasteiger partial charge in [0.1, 0.15) is 5.01 Å². The molecule has 0 saturated carbocycles. The van der Waals surface area contributed by atoms with Crippen LogP contribution in [0.5, 0.6) is 0 Å². The molecule has 0 aliphatic heterocycles. The number of rotatable bonds is 4. The van der Waals surface area contributed by atoms with Crippen molar-refractivity contribution in [3.8, 4) is 0 Å². The summed E-state index contributed by atoms with van der Waals surface area (Å²) in [5.74, 6) is 0.583. The Bertz CT molecular complexity index is 844. The third-order valence-corrected chi connectivity index (χ3v) is 4.76. The molecule has 1 N–H and O–H groups in total. The predicted molar refractivity (Wildman–Crippen MR) is 86.8 cm³/mol. The number of carbonyl (C=O) groups is 1. The normalized spacial score (nSPS) is 11.0. The number of nitrogens with one attached hydrogen (secondary N) is 1. The molecule has 2 heterocycles. The number of aromatic nitrogens is 4. The molecule has 6 nitrogen and oxygen atoms in total. The summed E-state index contributed by atoms with van der Waals surface area (Å²) in [6.45, 7) is 1.83. The van der Waals surface area contributed by atoms with Crippen LogP contribution >= 0.6 is 34.5 Å². The highest BCUT2D eigenvalue weighted by Gasteiger charge is 2.12. The van der Waals surface area contributed by atoms with Gasteiger partial charge in [-0.2, -0.15) is 9.61 Å². The number of hydrogen-bond donors (Lipinski definition) is 1. The Morgan fingerprint density at radius 2 is 2.18 bits per heavy atom. The molecule has 0 fully saturated rings. The highest BCUT2D eigenvalue weighted by atomic mass is 35.5. The molecule has 1 amide bonds. The van der Waals surface area contributed by atoms with Crippen LogP contribution in [-0.2, 0) is 11.2 Å². The van der Waals surface area contributed by atoms with E-state index in [9.17, 15) is 4.79 Å². The van der Waals surface area contributed by atoms with Gasteiger partial charge < -0.3 is 5.32 Å². The molecule has 9 heteroatoms. The minimum atomic E-state index is -0.146. The van der Waals surface area contributed by atoms with Crippen LogP contribution in [0.15, 0.2) is 18.2 Å². The van der Waals surface area contributed by atoms with Crippen molar-refractivity contribution >= 4 is 51.1 Å². The van der Waals surface area contributed by atoms with E-state index in [-0.39, 0.29) is 5.91 Å². The van der Waals surface area contributed by atoms with Crippen LogP contribution in [0.2, 0.25) is 10.0 Å². The highest BCUT2D eigenvalue weighted by Crippen LogP contribution is 2.29. The standard InChI is InChI=1S/C13H11Cl2N5OS/c1-7-17-18-13-20(7)19-11(22-13)6-5-10(21)16-9-4-2-3-8(14)12(9)15/h2-4H,5-6H2,1H3,(H,16,21). The van der Waals surface area contributed by atoms with Gasteiger partial charge in [-0.1, -0.05) is 40.6 Å². The SMILES string of the molecule is Cc1nnc2sc(CCC(=O)Nc3cccc(Cl)c3Cl)nn12. The zero-order chi connectivity index (χ0) is 15.7. The summed E-state index contributed by atoms with van der Waals surface area (Å²) < 4.78 is 1.67. The van der Waals surface area contributed by atoms with E-state index >= 15 is 0 Å². The number of nitrogens with zero attached hydrogens (tertiary/aromatic N) is 4. The Balaban J connectivity index is 1.63. The summed E-state index contributed by atoms with van der Waals surface area (Å²) in [4.78, 5) is 12.7. The summed E-state index contributed by atoms with van der Waals surface area (Å²) in [5.41, 5.74) is 0.508. The number of halogens is 2. The average molecular weight is 356 g/mol. The molecule has 22 heavy (non-hydrogen) atoms. The van der Waals surface area contributed by atoms with Gasteiger partial charge in [0.05, 0.1) is 15.7 Å². The zero-order valence-corrected chi connectivity index (χ0v) is 13.8. The number of fused-ring (bicyclic) bond motifs is 1. The summed E-state index contributed by atoms with van der Waals surface area (Å²) in [5, 5.41) is 16.6. The molecule has 0 aliphatic carbocycles. The van der Waals surface area contributed by atoms with Crippen LogP contribution in [-0.4, -0.2) is 25.7 Å². The van der Waals surface area contributed by atoms with Crippen LogP contribution in [0.4, 0.5) is 5.69 Å². The second-order valence-corrected chi connectivity index (χ2v) is 6.41. The van der Waals surface area contributed by atoms with Gasteiger partial charge in [-0.05, 0) is 19.1 Å². The van der Waals surface area contributed by atoms with Crippen molar-refractivity contribution in [3.63, 3.8) is 0 Å². The number of anilines is 1. The van der Waals surface area contributed by atoms with Crippen LogP contribution in [0, 0.1) is 6.92 Å². The van der Waals surface area contributed by atoms with E-state index in [4.69, 9.17) is 23.2 Å². The summed E-state index contributed by atoms with van der Waals surface area (Å²) in [7, 11) is 0. The van der Waals surface area contributed by atoms with Crippen LogP contribution in [0.25, 0.3) is 4.96 Å². The Morgan fingerprint density at radius 3 is 2.95 bits per heavy atom. The Kier molecular flexibility index (Phi) is 4.28. The molecule has 0 bridgehead atoms. The van der Waals surface area contributed by atoms with Gasteiger partial charge in [-0.3, -0.25) is 4.79 Å². The lowest BCUT2D eigenvalue weighted by molar-refractivity contribution is -0.116. The summed E-state index contributed by atoms with van der Waals surface area (Å²) in [6.07, 6.45) is 0.823. The van der Waals surface area contributed by atoms with Gasteiger partial charge in [0, 0.05) is 12.8 Å². The lowest BCUT2D eigenvalue weighted by Gasteiger charge is -2.07. The largest absolute Gasteiger partial charge is 0.325 e. The minimum absolute atomic E-state index is 0.146. The van der Waals surface area contributed by atoms with Crippen LogP contribution in [0.3, 0.4) is 0 Å². The fourth-order valence-corrected chi connectivity index (χ4v) is 3.12. The molecule has 114 valence electrons. The van der Waals surface area contributed by atoms with Crippen LogP contribution < -0.4 is 5.32 Å². The Labute approximate surface area is 140 Å². The first-order valence-corrected chi connectivity index (χ1v) is 8.03. The van der Waals surface area contributed by atoms with Crippen LogP contribution in [0.1, 0.15) is 17.3 Å². The number of aryl methyl sites for hydroxylation is 2. The van der Waals surface area contributed by atoms with E-state index < -0.39 is 0 Å². The van der Waals surface area contributed by atoms with Crippen molar-refractivity contribution in [2.24, 2.45) is 0 Å². The van der Waals surface area contributed by atoms with E-state index in [2.05, 4.69) is 20.6 Å². The highest BCUT2D eigenvalue weighted by molar-refractivity contribution is 7.16. The van der Waals surface area contributed by atoms with Gasteiger partial charge in [0.25, 0.3) is 0 Å². The van der Waals surface area contributed by atoms with Crippen molar-refractivity contribution in [1.29, 1.82) is 0 Å². The van der Waals surface area contributed by atoms with Crippen molar-refractivity contribution in [2.45, 2.75) is 19.8 Å². The maximum atomic E-state index is 12.0. The maximum absolute atomic E-state index is 12.0. The van der Waals surface area contributed by atoms with Crippen molar-refractivity contribution in [3.05, 3.63) is 39.1 Å². The first kappa shape index (κ1) is 15.2. The minimum Gasteiger partial charge on any atom is -0.325 e. The number of carbonyl (C=O) groups excluding carboxylic acids is 1. The molecule has 0 unspecified atom stereocenters. The molecule has 0 atom stereocenters. The lowest BCUT2D eigenvalue weighted by Crippen LogP contribution is -2.12. The van der Waals surface area contributed by atoms with Crippen molar-refractivity contribution in [2.75, 3.05) is 5.32 Å². The molecule has 3 aromatic rings. The third kappa shape index (κ3) is 3.06. The Hall–Kier alpha value is -1.70. The molecule has 0 aliphatic rings. The van der Waals surface area contributed by atoms with E-state index in [1.807, 2.05) is 6.92 Å². The molecule has 0 spiro atoms. The molecular formula is C13H11Cl2N5OS. The fraction of sp³-hybridized carbons (Fsp3) is 0.231. The number of benzene rings is 1. The number of hydrogen-bond acceptors (Lipinski definition) is 5. The van der Waals surface area contributed by atoms with E-state index in [0.29, 0.717) is 28.6 Å². The first-order valence-electron chi connectivity index (χ1n) is 6.46. The monoisotopic (exact) mass is 355 g/mol.